The van der Waals surface area contributed by atoms with E-state index < -0.39 is 29.7 Å². The van der Waals surface area contributed by atoms with Crippen molar-refractivity contribution in [3.8, 4) is 5.75 Å². The van der Waals surface area contributed by atoms with Crippen LogP contribution in [0.3, 0.4) is 0 Å². The van der Waals surface area contributed by atoms with E-state index in [0.29, 0.717) is 34.7 Å². The molecule has 0 bridgehead atoms. The number of ether oxygens (including phenoxy) is 3. The monoisotopic (exact) mass is 503 g/mol. The van der Waals surface area contributed by atoms with Gasteiger partial charge in [0.1, 0.15) is 11.7 Å². The zero-order chi connectivity index (χ0) is 26.7. The van der Waals surface area contributed by atoms with Gasteiger partial charge in [0.2, 0.25) is 0 Å². The lowest BCUT2D eigenvalue weighted by Gasteiger charge is -2.40. The van der Waals surface area contributed by atoms with Crippen LogP contribution in [0.2, 0.25) is 0 Å². The second kappa shape index (κ2) is 11.0. The van der Waals surface area contributed by atoms with E-state index in [1.807, 2.05) is 62.4 Å². The molecule has 1 heterocycles. The number of Topliss-reactive ketones (excluding diaryl/α,β-unsaturated/α-hetero) is 1. The van der Waals surface area contributed by atoms with Crippen molar-refractivity contribution >= 4 is 17.7 Å². The second-order valence-corrected chi connectivity index (χ2v) is 9.21. The van der Waals surface area contributed by atoms with Crippen molar-refractivity contribution in [3.63, 3.8) is 0 Å². The summed E-state index contributed by atoms with van der Waals surface area (Å²) in [6.07, 6.45) is 0.376. The van der Waals surface area contributed by atoms with Crippen molar-refractivity contribution in [2.45, 2.75) is 46.0 Å². The first-order chi connectivity index (χ1) is 17.8. The average molecular weight is 504 g/mol. The van der Waals surface area contributed by atoms with Gasteiger partial charge in [-0.1, -0.05) is 42.5 Å². The van der Waals surface area contributed by atoms with Crippen LogP contribution >= 0.6 is 0 Å². The third-order valence-electron chi connectivity index (χ3n) is 7.09. The van der Waals surface area contributed by atoms with Crippen LogP contribution in [0.1, 0.15) is 55.7 Å². The Morgan fingerprint density at radius 3 is 2.24 bits per heavy atom. The van der Waals surface area contributed by atoms with Crippen LogP contribution in [-0.2, 0) is 23.9 Å². The molecule has 2 aromatic rings. The largest absolute Gasteiger partial charge is 0.496 e. The molecule has 1 aliphatic carbocycles. The highest BCUT2D eigenvalue weighted by Crippen LogP contribution is 2.49. The van der Waals surface area contributed by atoms with Crippen molar-refractivity contribution in [1.29, 1.82) is 0 Å². The number of benzene rings is 2. The number of esters is 2. The summed E-state index contributed by atoms with van der Waals surface area (Å²) in [4.78, 5) is 40.9. The molecule has 0 saturated carbocycles. The number of ketones is 1. The highest BCUT2D eigenvalue weighted by molar-refractivity contribution is 6.13. The summed E-state index contributed by atoms with van der Waals surface area (Å²) >= 11 is 0. The quantitative estimate of drug-likeness (QED) is 0.432. The van der Waals surface area contributed by atoms with Crippen LogP contribution in [0.15, 0.2) is 71.1 Å². The molecule has 0 radical (unpaired) electrons. The van der Waals surface area contributed by atoms with Crippen molar-refractivity contribution in [3.05, 3.63) is 87.8 Å². The van der Waals surface area contributed by atoms with Gasteiger partial charge in [-0.15, -0.1) is 0 Å². The zero-order valence-corrected chi connectivity index (χ0v) is 21.9. The molecule has 0 aromatic heterocycles. The Kier molecular flexibility index (Phi) is 7.81. The fourth-order valence-electron chi connectivity index (χ4n) is 5.50. The predicted molar refractivity (Wildman–Crippen MR) is 139 cm³/mol. The summed E-state index contributed by atoms with van der Waals surface area (Å²) in [6.45, 7) is 7.59. The summed E-state index contributed by atoms with van der Waals surface area (Å²) in [7, 11) is 1.57. The maximum Gasteiger partial charge on any atom is 0.336 e. The number of dihydropyridines is 1. The zero-order valence-electron chi connectivity index (χ0n) is 21.9. The van der Waals surface area contributed by atoms with Gasteiger partial charge in [0.25, 0.3) is 0 Å². The van der Waals surface area contributed by atoms with Gasteiger partial charge in [0.05, 0.1) is 25.9 Å². The Hall–Kier alpha value is -3.87. The molecule has 0 amide bonds. The van der Waals surface area contributed by atoms with Crippen molar-refractivity contribution < 1.29 is 28.6 Å². The molecule has 4 rings (SSSR count). The maximum absolute atomic E-state index is 14.4. The minimum Gasteiger partial charge on any atom is -0.496 e. The molecule has 0 spiro atoms. The average Bonchev–Trinajstić information content (AvgIpc) is 2.88. The molecule has 3 atom stereocenters. The van der Waals surface area contributed by atoms with Gasteiger partial charge in [-0.05, 0) is 56.9 Å². The number of nitrogens with one attached hydrogen (secondary N) is 1. The van der Waals surface area contributed by atoms with Crippen molar-refractivity contribution in [2.24, 2.45) is 5.92 Å². The highest BCUT2D eigenvalue weighted by atomic mass is 16.5. The molecule has 7 heteroatoms. The van der Waals surface area contributed by atoms with Gasteiger partial charge in [-0.2, -0.15) is 0 Å². The number of allylic oxidation sites excluding steroid dienone is 3. The van der Waals surface area contributed by atoms with Crippen LogP contribution in [0.25, 0.3) is 0 Å². The number of hydrogen-bond donors (Lipinski definition) is 1. The van der Waals surface area contributed by atoms with E-state index >= 15 is 0 Å². The summed E-state index contributed by atoms with van der Waals surface area (Å²) < 4.78 is 16.4. The van der Waals surface area contributed by atoms with Crippen molar-refractivity contribution in [1.82, 2.24) is 5.32 Å². The molecule has 1 N–H and O–H groups in total. The van der Waals surface area contributed by atoms with Gasteiger partial charge in [-0.25, -0.2) is 4.79 Å². The second-order valence-electron chi connectivity index (χ2n) is 9.21. The highest BCUT2D eigenvalue weighted by Gasteiger charge is 2.49. The predicted octanol–water partition coefficient (Wildman–Crippen LogP) is 4.72. The Morgan fingerprint density at radius 1 is 0.946 bits per heavy atom. The summed E-state index contributed by atoms with van der Waals surface area (Å²) in [5.74, 6) is -3.06. The number of aryl methyl sites for hydroxylation is 1. The standard InChI is InChI=1S/C30H33NO6/c1-6-36-29(33)24-18(4)31-22-16-21(20-14-10-11-15-23(20)35-5)26(30(34)37-7-2)28(32)27(22)25(24)19-13-9-8-12-17(19)3/h8-15,21,25-26,31H,6-7,16H2,1-5H3/t21-,25-,26+/m1/s1. The molecule has 0 fully saturated rings. The SMILES string of the molecule is CCOC(=O)C1=C(C)NC2=C(C(=O)[C@@H](C(=O)OCC)[C@@H](c3ccccc3OC)C2)[C@@H]1c1ccccc1C. The third-order valence-corrected chi connectivity index (χ3v) is 7.09. The number of methoxy groups -OCH3 is 1. The van der Waals surface area contributed by atoms with Gasteiger partial charge in [0.15, 0.2) is 5.78 Å². The number of hydrogen-bond acceptors (Lipinski definition) is 7. The van der Waals surface area contributed by atoms with E-state index in [1.54, 1.807) is 21.0 Å². The molecule has 0 saturated heterocycles. The van der Waals surface area contributed by atoms with Crippen LogP contribution < -0.4 is 10.1 Å². The number of carbonyl (C=O) groups is 3. The van der Waals surface area contributed by atoms with E-state index in [1.165, 1.54) is 0 Å². The number of carbonyl (C=O) groups excluding carboxylic acids is 3. The summed E-state index contributed by atoms with van der Waals surface area (Å²) in [5, 5.41) is 3.33. The minimum atomic E-state index is -1.08. The Labute approximate surface area is 217 Å². The summed E-state index contributed by atoms with van der Waals surface area (Å²) in [6, 6.07) is 15.1. The van der Waals surface area contributed by atoms with Crippen LogP contribution in [-0.4, -0.2) is 38.0 Å². The van der Waals surface area contributed by atoms with Crippen LogP contribution in [0.5, 0.6) is 5.75 Å². The fraction of sp³-hybridized carbons (Fsp3) is 0.367. The summed E-state index contributed by atoms with van der Waals surface area (Å²) in [5.41, 5.74) is 4.63. The third kappa shape index (κ3) is 4.78. The van der Waals surface area contributed by atoms with E-state index in [2.05, 4.69) is 5.32 Å². The molecule has 0 unspecified atom stereocenters. The molecule has 2 aliphatic rings. The van der Waals surface area contributed by atoms with E-state index in [-0.39, 0.29) is 19.0 Å². The molecule has 7 nitrogen and oxygen atoms in total. The number of rotatable bonds is 7. The Morgan fingerprint density at radius 2 is 1.59 bits per heavy atom. The first-order valence-electron chi connectivity index (χ1n) is 12.6. The van der Waals surface area contributed by atoms with E-state index in [4.69, 9.17) is 14.2 Å². The fourth-order valence-corrected chi connectivity index (χ4v) is 5.50. The van der Waals surface area contributed by atoms with Crippen molar-refractivity contribution in [2.75, 3.05) is 20.3 Å². The molecular formula is C30H33NO6. The molecule has 1 aliphatic heterocycles. The first kappa shape index (κ1) is 26.2. The Bertz CT molecular complexity index is 1290. The van der Waals surface area contributed by atoms with Crippen LogP contribution in [0.4, 0.5) is 0 Å². The lowest BCUT2D eigenvalue weighted by molar-refractivity contribution is -0.152. The lowest BCUT2D eigenvalue weighted by atomic mass is 9.66. The van der Waals surface area contributed by atoms with Crippen LogP contribution in [0, 0.1) is 12.8 Å². The Balaban J connectivity index is 1.94. The lowest BCUT2D eigenvalue weighted by Crippen LogP contribution is -2.43. The maximum atomic E-state index is 14.4. The molecule has 2 aromatic carbocycles. The van der Waals surface area contributed by atoms with Gasteiger partial charge in [0, 0.05) is 28.8 Å². The molecular weight excluding hydrogens is 470 g/mol. The topological polar surface area (TPSA) is 90.9 Å². The van der Waals surface area contributed by atoms with E-state index in [0.717, 1.165) is 16.7 Å². The van der Waals surface area contributed by atoms with Gasteiger partial charge in [-0.3, -0.25) is 9.59 Å². The van der Waals surface area contributed by atoms with Gasteiger partial charge >= 0.3 is 11.9 Å². The minimum absolute atomic E-state index is 0.153. The normalized spacial score (nSPS) is 21.2. The molecule has 37 heavy (non-hydrogen) atoms. The smallest absolute Gasteiger partial charge is 0.336 e. The van der Waals surface area contributed by atoms with Gasteiger partial charge < -0.3 is 19.5 Å². The van der Waals surface area contributed by atoms with E-state index in [9.17, 15) is 14.4 Å². The first-order valence-corrected chi connectivity index (χ1v) is 12.6. The molecule has 194 valence electrons. The number of para-hydroxylation sites is 1.